The number of hydrogen-bond donors (Lipinski definition) is 1. The molecule has 0 aromatic carbocycles. The number of rotatable bonds is 4. The van der Waals surface area contributed by atoms with Gasteiger partial charge in [0.1, 0.15) is 5.78 Å². The van der Waals surface area contributed by atoms with E-state index in [0.29, 0.717) is 12.8 Å². The Morgan fingerprint density at radius 3 is 2.62 bits per heavy atom. The fourth-order valence-corrected chi connectivity index (χ4v) is 1.33. The van der Waals surface area contributed by atoms with Crippen molar-refractivity contribution in [3.05, 3.63) is 30.1 Å². The molecule has 16 heavy (non-hydrogen) atoms. The number of carbonyl (C=O) groups is 1. The highest BCUT2D eigenvalue weighted by Gasteiger charge is 2.23. The summed E-state index contributed by atoms with van der Waals surface area (Å²) >= 11 is 0. The first kappa shape index (κ1) is 12.8. The summed E-state index contributed by atoms with van der Waals surface area (Å²) in [5.74, 6) is 0.154. The van der Waals surface area contributed by atoms with Gasteiger partial charge < -0.3 is 5.73 Å². The number of nitrogens with two attached hydrogens (primary N) is 1. The summed E-state index contributed by atoms with van der Waals surface area (Å²) in [6.07, 6.45) is 2.50. The van der Waals surface area contributed by atoms with Crippen LogP contribution in [0.2, 0.25) is 0 Å². The predicted molar refractivity (Wildman–Crippen MR) is 65.0 cm³/mol. The summed E-state index contributed by atoms with van der Waals surface area (Å²) in [5.41, 5.74) is 6.75. The number of carbonyl (C=O) groups excluding carboxylic acids is 1. The van der Waals surface area contributed by atoms with Crippen LogP contribution in [0, 0.1) is 5.41 Å². The van der Waals surface area contributed by atoms with Crippen LogP contribution in [0.4, 0.5) is 0 Å². The summed E-state index contributed by atoms with van der Waals surface area (Å²) < 4.78 is 0. The van der Waals surface area contributed by atoms with E-state index in [1.54, 1.807) is 6.20 Å². The lowest BCUT2D eigenvalue weighted by Crippen LogP contribution is -2.37. The van der Waals surface area contributed by atoms with Crippen LogP contribution in [0.25, 0.3) is 0 Å². The zero-order chi connectivity index (χ0) is 12.2. The van der Waals surface area contributed by atoms with E-state index in [4.69, 9.17) is 5.73 Å². The zero-order valence-corrected chi connectivity index (χ0v) is 10.2. The Bertz CT molecular complexity index is 341. The minimum absolute atomic E-state index is 0.0280. The van der Waals surface area contributed by atoms with E-state index < -0.39 is 0 Å². The third-order valence-electron chi connectivity index (χ3n) is 2.66. The highest BCUT2D eigenvalue weighted by Crippen LogP contribution is 2.20. The van der Waals surface area contributed by atoms with Gasteiger partial charge >= 0.3 is 0 Å². The molecule has 88 valence electrons. The summed E-state index contributed by atoms with van der Waals surface area (Å²) in [6, 6.07) is 5.50. The lowest BCUT2D eigenvalue weighted by Gasteiger charge is -2.26. The Morgan fingerprint density at radius 1 is 1.44 bits per heavy atom. The van der Waals surface area contributed by atoms with Gasteiger partial charge in [-0.05, 0) is 17.5 Å². The number of aromatic nitrogens is 1. The maximum Gasteiger partial charge on any atom is 0.140 e. The van der Waals surface area contributed by atoms with Crippen molar-refractivity contribution in [1.29, 1.82) is 0 Å². The third kappa shape index (κ3) is 4.11. The van der Waals surface area contributed by atoms with E-state index >= 15 is 0 Å². The highest BCUT2D eigenvalue weighted by atomic mass is 16.1. The zero-order valence-electron chi connectivity index (χ0n) is 10.2. The Hall–Kier alpha value is -1.22. The third-order valence-corrected chi connectivity index (χ3v) is 2.66. The van der Waals surface area contributed by atoms with Gasteiger partial charge in [-0.15, -0.1) is 0 Å². The molecule has 0 aliphatic rings. The van der Waals surface area contributed by atoms with Gasteiger partial charge in [0.05, 0.1) is 0 Å². The van der Waals surface area contributed by atoms with Crippen molar-refractivity contribution in [3.63, 3.8) is 0 Å². The molecule has 0 fully saturated rings. The van der Waals surface area contributed by atoms with Gasteiger partial charge in [0, 0.05) is 30.8 Å². The molecule has 2 N–H and O–H groups in total. The van der Waals surface area contributed by atoms with Gasteiger partial charge in [-0.1, -0.05) is 26.8 Å². The lowest BCUT2D eigenvalue weighted by molar-refractivity contribution is -0.119. The molecule has 0 aliphatic heterocycles. The number of Topliss-reactive ketones (excluding diaryl/α,β-unsaturated/α-hetero) is 1. The second kappa shape index (κ2) is 5.21. The molecule has 1 aromatic rings. The Balaban J connectivity index is 2.49. The molecule has 0 saturated heterocycles. The van der Waals surface area contributed by atoms with Gasteiger partial charge in [-0.2, -0.15) is 0 Å². The number of ketones is 1. The molecule has 3 heteroatoms. The van der Waals surface area contributed by atoms with E-state index in [-0.39, 0.29) is 17.2 Å². The van der Waals surface area contributed by atoms with Crippen LogP contribution >= 0.6 is 0 Å². The molecule has 0 aliphatic carbocycles. The SMILES string of the molecule is CC(C)(C)C(N)CC(=O)Cc1ccccn1. The molecule has 1 unspecified atom stereocenters. The van der Waals surface area contributed by atoms with Crippen molar-refractivity contribution in [1.82, 2.24) is 4.98 Å². The van der Waals surface area contributed by atoms with Crippen LogP contribution in [0.5, 0.6) is 0 Å². The first-order valence-electron chi connectivity index (χ1n) is 5.57. The molecule has 3 nitrogen and oxygen atoms in total. The smallest absolute Gasteiger partial charge is 0.140 e. The number of pyridine rings is 1. The van der Waals surface area contributed by atoms with E-state index in [9.17, 15) is 4.79 Å². The molecule has 0 amide bonds. The van der Waals surface area contributed by atoms with Crippen molar-refractivity contribution in [2.24, 2.45) is 11.1 Å². The maximum absolute atomic E-state index is 11.7. The van der Waals surface area contributed by atoms with Crippen LogP contribution in [-0.4, -0.2) is 16.8 Å². The van der Waals surface area contributed by atoms with Gasteiger partial charge in [0.25, 0.3) is 0 Å². The fraction of sp³-hybridized carbons (Fsp3) is 0.538. The summed E-state index contributed by atoms with van der Waals surface area (Å²) in [7, 11) is 0. The van der Waals surface area contributed by atoms with Gasteiger partial charge in [-0.3, -0.25) is 9.78 Å². The molecule has 0 saturated carbocycles. The van der Waals surface area contributed by atoms with Gasteiger partial charge in [0.2, 0.25) is 0 Å². The van der Waals surface area contributed by atoms with Gasteiger partial charge in [-0.25, -0.2) is 0 Å². The van der Waals surface area contributed by atoms with Crippen LogP contribution in [-0.2, 0) is 11.2 Å². The molecule has 1 rings (SSSR count). The first-order chi connectivity index (χ1) is 7.39. The van der Waals surface area contributed by atoms with Crippen molar-refractivity contribution in [2.75, 3.05) is 0 Å². The number of hydrogen-bond acceptors (Lipinski definition) is 3. The molecular formula is C13H20N2O. The van der Waals surface area contributed by atoms with E-state index in [0.717, 1.165) is 5.69 Å². The Morgan fingerprint density at radius 2 is 2.12 bits per heavy atom. The van der Waals surface area contributed by atoms with Crippen molar-refractivity contribution in [2.45, 2.75) is 39.7 Å². The van der Waals surface area contributed by atoms with E-state index in [1.807, 2.05) is 39.0 Å². The molecule has 1 atom stereocenters. The highest BCUT2D eigenvalue weighted by molar-refractivity contribution is 5.81. The fourth-order valence-electron chi connectivity index (χ4n) is 1.33. The quantitative estimate of drug-likeness (QED) is 0.843. The summed E-state index contributed by atoms with van der Waals surface area (Å²) in [6.45, 7) is 6.14. The minimum Gasteiger partial charge on any atom is -0.327 e. The average molecular weight is 220 g/mol. The maximum atomic E-state index is 11.7. The molecule has 0 radical (unpaired) electrons. The average Bonchev–Trinajstić information content (AvgIpc) is 2.17. The lowest BCUT2D eigenvalue weighted by atomic mass is 9.84. The second-order valence-electron chi connectivity index (χ2n) is 5.21. The predicted octanol–water partition coefficient (Wildman–Crippen LogP) is 1.96. The van der Waals surface area contributed by atoms with Crippen molar-refractivity contribution >= 4 is 5.78 Å². The van der Waals surface area contributed by atoms with Crippen molar-refractivity contribution in [3.8, 4) is 0 Å². The topological polar surface area (TPSA) is 56.0 Å². The van der Waals surface area contributed by atoms with Crippen LogP contribution in [0.1, 0.15) is 32.9 Å². The van der Waals surface area contributed by atoms with Crippen LogP contribution in [0.15, 0.2) is 24.4 Å². The van der Waals surface area contributed by atoms with Crippen LogP contribution < -0.4 is 5.73 Å². The van der Waals surface area contributed by atoms with E-state index in [2.05, 4.69) is 4.98 Å². The summed E-state index contributed by atoms with van der Waals surface area (Å²) in [5, 5.41) is 0. The largest absolute Gasteiger partial charge is 0.327 e. The monoisotopic (exact) mass is 220 g/mol. The molecule has 1 aromatic heterocycles. The van der Waals surface area contributed by atoms with Gasteiger partial charge in [0.15, 0.2) is 0 Å². The first-order valence-corrected chi connectivity index (χ1v) is 5.57. The van der Waals surface area contributed by atoms with E-state index in [1.165, 1.54) is 0 Å². The minimum atomic E-state index is -0.0938. The summed E-state index contributed by atoms with van der Waals surface area (Å²) in [4.78, 5) is 15.9. The molecular weight excluding hydrogens is 200 g/mol. The second-order valence-corrected chi connectivity index (χ2v) is 5.21. The molecule has 0 bridgehead atoms. The molecule has 1 heterocycles. The normalized spacial score (nSPS) is 13.5. The number of nitrogens with zero attached hydrogens (tertiary/aromatic N) is 1. The van der Waals surface area contributed by atoms with Crippen molar-refractivity contribution < 1.29 is 4.79 Å². The standard InChI is InChI=1S/C13H20N2O/c1-13(2,3)12(14)9-11(16)8-10-6-4-5-7-15-10/h4-7,12H,8-9,14H2,1-3H3. The Labute approximate surface area is 97.1 Å². The Kier molecular flexibility index (Phi) is 4.19. The van der Waals surface area contributed by atoms with Crippen LogP contribution in [0.3, 0.4) is 0 Å². The molecule has 0 spiro atoms.